The third kappa shape index (κ3) is 4.04. The highest BCUT2D eigenvalue weighted by atomic mass is 16.2. The number of carbonyl (C=O) groups is 2. The van der Waals surface area contributed by atoms with Gasteiger partial charge in [0.15, 0.2) is 0 Å². The number of hydrogen-bond donors (Lipinski definition) is 2. The lowest BCUT2D eigenvalue weighted by atomic mass is 10.1. The maximum Gasteiger partial charge on any atom is 0.243 e. The molecule has 0 spiro atoms. The number of nitrogens with one attached hydrogen (secondary N) is 2. The van der Waals surface area contributed by atoms with E-state index in [0.29, 0.717) is 0 Å². The van der Waals surface area contributed by atoms with Gasteiger partial charge in [-0.3, -0.25) is 9.59 Å². The second-order valence-electron chi connectivity index (χ2n) is 5.40. The van der Waals surface area contributed by atoms with Crippen molar-refractivity contribution in [2.24, 2.45) is 0 Å². The zero-order chi connectivity index (χ0) is 15.2. The number of hydrogen-bond acceptors (Lipinski definition) is 3. The summed E-state index contributed by atoms with van der Waals surface area (Å²) in [6.07, 6.45) is 2.72. The van der Waals surface area contributed by atoms with Crippen LogP contribution in [0, 0.1) is 0 Å². The fourth-order valence-corrected chi connectivity index (χ4v) is 2.59. The van der Waals surface area contributed by atoms with Crippen LogP contribution in [-0.2, 0) is 16.0 Å². The second kappa shape index (κ2) is 7.22. The van der Waals surface area contributed by atoms with Gasteiger partial charge in [-0.1, -0.05) is 25.1 Å². The van der Waals surface area contributed by atoms with E-state index in [9.17, 15) is 9.59 Å². The normalized spacial score (nSPS) is 17.5. The maximum atomic E-state index is 12.1. The number of aryl methyl sites for hydroxylation is 1. The van der Waals surface area contributed by atoms with E-state index >= 15 is 0 Å². The molecule has 1 heterocycles. The zero-order valence-electron chi connectivity index (χ0n) is 12.7. The Balaban J connectivity index is 1.90. The average Bonchev–Trinajstić information content (AvgIpc) is 3.01. The van der Waals surface area contributed by atoms with Gasteiger partial charge in [-0.2, -0.15) is 0 Å². The molecule has 1 atom stereocenters. The van der Waals surface area contributed by atoms with E-state index in [-0.39, 0.29) is 24.4 Å². The quantitative estimate of drug-likeness (QED) is 0.861. The van der Waals surface area contributed by atoms with Crippen molar-refractivity contribution in [3.8, 4) is 0 Å². The van der Waals surface area contributed by atoms with E-state index < -0.39 is 0 Å². The fraction of sp³-hybridized carbons (Fsp3) is 0.500. The minimum Gasteiger partial charge on any atom is -0.335 e. The van der Waals surface area contributed by atoms with Crippen molar-refractivity contribution < 1.29 is 9.59 Å². The highest BCUT2D eigenvalue weighted by Crippen LogP contribution is 2.15. The number of likely N-dealkylation sites (N-methyl/N-ethyl adjacent to an activating group) is 1. The van der Waals surface area contributed by atoms with Crippen molar-refractivity contribution in [1.29, 1.82) is 0 Å². The standard InChI is InChI=1S/C16H23N3O2/c1-3-12-7-4-5-8-13(12)18-15(20)11-19(2)16(21)14-9-6-10-17-14/h4-5,7-8,14,17H,3,6,9-11H2,1-2H3,(H,18,20). The molecule has 0 aromatic heterocycles. The predicted molar refractivity (Wildman–Crippen MR) is 83.1 cm³/mol. The molecule has 5 nitrogen and oxygen atoms in total. The lowest BCUT2D eigenvalue weighted by Gasteiger charge is -2.21. The average molecular weight is 289 g/mol. The molecule has 0 saturated carbocycles. The third-order valence-electron chi connectivity index (χ3n) is 3.79. The first-order valence-electron chi connectivity index (χ1n) is 7.48. The van der Waals surface area contributed by atoms with Crippen LogP contribution in [0.3, 0.4) is 0 Å². The largest absolute Gasteiger partial charge is 0.335 e. The van der Waals surface area contributed by atoms with Crippen LogP contribution in [0.15, 0.2) is 24.3 Å². The van der Waals surface area contributed by atoms with Gasteiger partial charge in [0.05, 0.1) is 12.6 Å². The molecule has 2 N–H and O–H groups in total. The summed E-state index contributed by atoms with van der Waals surface area (Å²) >= 11 is 0. The summed E-state index contributed by atoms with van der Waals surface area (Å²) in [5.41, 5.74) is 1.92. The van der Waals surface area contributed by atoms with Crippen LogP contribution in [0.1, 0.15) is 25.3 Å². The molecule has 1 fully saturated rings. The summed E-state index contributed by atoms with van der Waals surface area (Å²) in [5, 5.41) is 6.04. The molecule has 1 unspecified atom stereocenters. The van der Waals surface area contributed by atoms with Crippen LogP contribution < -0.4 is 10.6 Å². The summed E-state index contributed by atoms with van der Waals surface area (Å²) in [4.78, 5) is 25.7. The summed E-state index contributed by atoms with van der Waals surface area (Å²) in [6, 6.07) is 7.59. The molecule has 1 aromatic carbocycles. The predicted octanol–water partition coefficient (Wildman–Crippen LogP) is 1.40. The van der Waals surface area contributed by atoms with E-state index in [1.165, 1.54) is 4.90 Å². The van der Waals surface area contributed by atoms with Crippen LogP contribution in [0.25, 0.3) is 0 Å². The van der Waals surface area contributed by atoms with Gasteiger partial charge in [0.2, 0.25) is 11.8 Å². The zero-order valence-corrected chi connectivity index (χ0v) is 12.7. The third-order valence-corrected chi connectivity index (χ3v) is 3.79. The first-order chi connectivity index (χ1) is 10.1. The number of benzene rings is 1. The van der Waals surface area contributed by atoms with E-state index in [4.69, 9.17) is 0 Å². The Kier molecular flexibility index (Phi) is 5.33. The molecule has 1 aliphatic heterocycles. The number of anilines is 1. The van der Waals surface area contributed by atoms with Gasteiger partial charge in [-0.25, -0.2) is 0 Å². The van der Waals surface area contributed by atoms with Crippen LogP contribution in [0.5, 0.6) is 0 Å². The smallest absolute Gasteiger partial charge is 0.243 e. The molecule has 0 radical (unpaired) electrons. The topological polar surface area (TPSA) is 61.4 Å². The molecular formula is C16H23N3O2. The molecule has 2 amide bonds. The molecule has 1 saturated heterocycles. The summed E-state index contributed by atoms with van der Waals surface area (Å²) in [5.74, 6) is -0.170. The lowest BCUT2D eigenvalue weighted by molar-refractivity contribution is -0.134. The van der Waals surface area contributed by atoms with Gasteiger partial charge >= 0.3 is 0 Å². The summed E-state index contributed by atoms with van der Waals surface area (Å²) < 4.78 is 0. The Bertz CT molecular complexity index is 510. The molecule has 0 aliphatic carbocycles. The number of amides is 2. The summed E-state index contributed by atoms with van der Waals surface area (Å²) in [6.45, 7) is 3.00. The van der Waals surface area contributed by atoms with Gasteiger partial charge < -0.3 is 15.5 Å². The summed E-state index contributed by atoms with van der Waals surface area (Å²) in [7, 11) is 1.67. The van der Waals surface area contributed by atoms with Crippen LogP contribution >= 0.6 is 0 Å². The van der Waals surface area contributed by atoms with Gasteiger partial charge in [-0.15, -0.1) is 0 Å². The Labute approximate surface area is 125 Å². The first kappa shape index (κ1) is 15.5. The fourth-order valence-electron chi connectivity index (χ4n) is 2.59. The number of nitrogens with zero attached hydrogens (tertiary/aromatic N) is 1. The van der Waals surface area contributed by atoms with Gasteiger partial charge in [0.25, 0.3) is 0 Å². The number of rotatable bonds is 5. The molecule has 1 aliphatic rings. The molecule has 114 valence electrons. The van der Waals surface area contributed by atoms with Crippen molar-refractivity contribution in [3.05, 3.63) is 29.8 Å². The molecule has 1 aromatic rings. The van der Waals surface area contributed by atoms with Crippen molar-refractivity contribution in [2.45, 2.75) is 32.2 Å². The van der Waals surface area contributed by atoms with Gasteiger partial charge in [0, 0.05) is 12.7 Å². The van der Waals surface area contributed by atoms with E-state index in [1.807, 2.05) is 31.2 Å². The Hall–Kier alpha value is -1.88. The van der Waals surface area contributed by atoms with Crippen LogP contribution in [-0.4, -0.2) is 42.9 Å². The number of carbonyl (C=O) groups excluding carboxylic acids is 2. The number of para-hydroxylation sites is 1. The Morgan fingerprint density at radius 1 is 1.38 bits per heavy atom. The molecule has 0 bridgehead atoms. The van der Waals surface area contributed by atoms with Crippen LogP contribution in [0.2, 0.25) is 0 Å². The van der Waals surface area contributed by atoms with Gasteiger partial charge in [-0.05, 0) is 37.4 Å². The highest BCUT2D eigenvalue weighted by molar-refractivity contribution is 5.95. The highest BCUT2D eigenvalue weighted by Gasteiger charge is 2.25. The molecule has 2 rings (SSSR count). The molecule has 21 heavy (non-hydrogen) atoms. The Morgan fingerprint density at radius 3 is 2.81 bits per heavy atom. The monoisotopic (exact) mass is 289 g/mol. The van der Waals surface area contributed by atoms with Crippen LogP contribution in [0.4, 0.5) is 5.69 Å². The van der Waals surface area contributed by atoms with Crippen molar-refractivity contribution >= 4 is 17.5 Å². The van der Waals surface area contributed by atoms with Crippen molar-refractivity contribution in [1.82, 2.24) is 10.2 Å². The minimum atomic E-state index is -0.162. The maximum absolute atomic E-state index is 12.1. The molecular weight excluding hydrogens is 266 g/mol. The molecule has 5 heteroatoms. The van der Waals surface area contributed by atoms with Crippen molar-refractivity contribution in [2.75, 3.05) is 25.5 Å². The lowest BCUT2D eigenvalue weighted by Crippen LogP contribution is -2.44. The first-order valence-corrected chi connectivity index (χ1v) is 7.48. The van der Waals surface area contributed by atoms with Gasteiger partial charge in [0.1, 0.15) is 0 Å². The minimum absolute atomic E-state index is 0.00794. The van der Waals surface area contributed by atoms with Crippen molar-refractivity contribution in [3.63, 3.8) is 0 Å². The van der Waals surface area contributed by atoms with E-state index in [0.717, 1.165) is 37.1 Å². The SMILES string of the molecule is CCc1ccccc1NC(=O)CN(C)C(=O)C1CCCN1. The van der Waals surface area contributed by atoms with E-state index in [2.05, 4.69) is 10.6 Å². The second-order valence-corrected chi connectivity index (χ2v) is 5.40. The Morgan fingerprint density at radius 2 is 2.14 bits per heavy atom. The van der Waals surface area contributed by atoms with E-state index in [1.54, 1.807) is 7.05 Å².